The lowest BCUT2D eigenvalue weighted by Crippen LogP contribution is -2.13. The molecule has 1 aliphatic rings. The first-order chi connectivity index (χ1) is 16.0. The van der Waals surface area contributed by atoms with E-state index >= 15 is 0 Å². The Morgan fingerprint density at radius 2 is 1.76 bits per heavy atom. The molecule has 0 saturated carbocycles. The highest BCUT2D eigenvalue weighted by Crippen LogP contribution is 2.44. The minimum Gasteiger partial charge on any atom is -0.465 e. The number of ether oxygens (including phenoxy) is 1. The molecule has 0 amide bonds. The fraction of sp³-hybridized carbons (Fsp3) is 0.125. The summed E-state index contributed by atoms with van der Waals surface area (Å²) in [6.07, 6.45) is 3.32. The minimum atomic E-state index is -0.394. The van der Waals surface area contributed by atoms with Gasteiger partial charge in [0.25, 0.3) is 0 Å². The monoisotopic (exact) mass is 443 g/mol. The van der Waals surface area contributed by atoms with Crippen LogP contribution in [0.5, 0.6) is 0 Å². The molecule has 8 nitrogen and oxygen atoms in total. The van der Waals surface area contributed by atoms with E-state index in [9.17, 15) is 14.0 Å². The zero-order valence-electron chi connectivity index (χ0n) is 17.6. The van der Waals surface area contributed by atoms with Crippen molar-refractivity contribution in [2.75, 3.05) is 12.3 Å². The van der Waals surface area contributed by atoms with E-state index in [2.05, 4.69) is 15.1 Å². The van der Waals surface area contributed by atoms with E-state index in [1.54, 1.807) is 43.6 Å². The second kappa shape index (κ2) is 7.94. The van der Waals surface area contributed by atoms with Crippen LogP contribution < -0.4 is 5.73 Å². The number of benzene rings is 2. The predicted molar refractivity (Wildman–Crippen MR) is 119 cm³/mol. The highest BCUT2D eigenvalue weighted by Gasteiger charge is 2.34. The Balaban J connectivity index is 1.64. The van der Waals surface area contributed by atoms with Crippen LogP contribution in [0, 0.1) is 5.82 Å². The van der Waals surface area contributed by atoms with Crippen LogP contribution in [0.3, 0.4) is 0 Å². The number of hydrogen-bond donors (Lipinski definition) is 1. The van der Waals surface area contributed by atoms with Crippen LogP contribution in [0.1, 0.15) is 22.8 Å². The van der Waals surface area contributed by atoms with Crippen molar-refractivity contribution < 1.29 is 18.7 Å². The summed E-state index contributed by atoms with van der Waals surface area (Å²) in [5.74, 6) is -1.02. The summed E-state index contributed by atoms with van der Waals surface area (Å²) in [5, 5.41) is 4.24. The van der Waals surface area contributed by atoms with Gasteiger partial charge in [0.2, 0.25) is 5.95 Å². The molecule has 2 aromatic carbocycles. The number of rotatable bonds is 5. The molecule has 2 N–H and O–H groups in total. The van der Waals surface area contributed by atoms with Gasteiger partial charge in [-0.25, -0.2) is 14.4 Å². The van der Waals surface area contributed by atoms with Gasteiger partial charge in [-0.3, -0.25) is 14.3 Å². The maximum absolute atomic E-state index is 13.5. The normalized spacial score (nSPS) is 11.9. The Morgan fingerprint density at radius 1 is 1.03 bits per heavy atom. The quantitative estimate of drug-likeness (QED) is 0.414. The standard InChI is InChI=1S/C24H18FN5O3/c1-2-33-18(31)12-30-11-14(10-27-30)16-4-3-5-17-19(16)22-20(23(17)32)21(28-24(26)29-22)13-6-8-15(25)9-7-13/h3-11H,2,12H2,1H3,(H2,26,28,29). The smallest absolute Gasteiger partial charge is 0.327 e. The first-order valence-electron chi connectivity index (χ1n) is 10.3. The average Bonchev–Trinajstić information content (AvgIpc) is 3.37. The number of ketones is 1. The van der Waals surface area contributed by atoms with Gasteiger partial charge < -0.3 is 10.5 Å². The van der Waals surface area contributed by atoms with E-state index in [-0.39, 0.29) is 24.9 Å². The molecular formula is C24H18FN5O3. The first kappa shape index (κ1) is 20.5. The maximum atomic E-state index is 13.5. The van der Waals surface area contributed by atoms with E-state index in [4.69, 9.17) is 10.5 Å². The molecule has 0 aliphatic heterocycles. The number of nitrogens with zero attached hydrogens (tertiary/aromatic N) is 4. The van der Waals surface area contributed by atoms with Crippen molar-refractivity contribution in [3.05, 3.63) is 71.8 Å². The van der Waals surface area contributed by atoms with Crippen molar-refractivity contribution in [3.8, 4) is 33.6 Å². The van der Waals surface area contributed by atoms with Gasteiger partial charge in [0.15, 0.2) is 5.78 Å². The Bertz CT molecular complexity index is 1410. The molecule has 0 atom stereocenters. The van der Waals surface area contributed by atoms with Crippen LogP contribution in [-0.4, -0.2) is 38.1 Å². The summed E-state index contributed by atoms with van der Waals surface area (Å²) in [5.41, 5.74) is 10.1. The molecular weight excluding hydrogens is 425 g/mol. The fourth-order valence-electron chi connectivity index (χ4n) is 3.99. The number of esters is 1. The Hall–Kier alpha value is -4.40. The van der Waals surface area contributed by atoms with Gasteiger partial charge in [0.05, 0.1) is 29.8 Å². The molecule has 0 saturated heterocycles. The zero-order valence-corrected chi connectivity index (χ0v) is 17.6. The van der Waals surface area contributed by atoms with E-state index in [1.165, 1.54) is 16.8 Å². The number of carbonyl (C=O) groups is 2. The van der Waals surface area contributed by atoms with Gasteiger partial charge >= 0.3 is 5.97 Å². The third kappa shape index (κ3) is 3.53. The summed E-state index contributed by atoms with van der Waals surface area (Å²) in [6.45, 7) is 2.00. The van der Waals surface area contributed by atoms with Crippen LogP contribution in [0.25, 0.3) is 33.6 Å². The maximum Gasteiger partial charge on any atom is 0.327 e. The van der Waals surface area contributed by atoms with Gasteiger partial charge in [-0.05, 0) is 36.8 Å². The molecule has 5 rings (SSSR count). The van der Waals surface area contributed by atoms with Crippen LogP contribution in [-0.2, 0) is 16.1 Å². The van der Waals surface area contributed by atoms with E-state index in [1.807, 2.05) is 6.07 Å². The topological polar surface area (TPSA) is 113 Å². The second-order valence-electron chi connectivity index (χ2n) is 7.45. The van der Waals surface area contributed by atoms with Crippen LogP contribution >= 0.6 is 0 Å². The number of halogens is 1. The number of carbonyl (C=O) groups excluding carboxylic acids is 2. The number of anilines is 1. The number of hydrogen-bond acceptors (Lipinski definition) is 7. The van der Waals surface area contributed by atoms with Gasteiger partial charge in [-0.1, -0.05) is 18.2 Å². The summed E-state index contributed by atoms with van der Waals surface area (Å²) in [6, 6.07) is 11.0. The van der Waals surface area contributed by atoms with Crippen molar-refractivity contribution in [2.45, 2.75) is 13.5 Å². The molecule has 0 fully saturated rings. The van der Waals surface area contributed by atoms with Crippen molar-refractivity contribution in [3.63, 3.8) is 0 Å². The molecule has 0 bridgehead atoms. The number of nitrogens with two attached hydrogens (primary N) is 1. The molecule has 4 aromatic rings. The average molecular weight is 443 g/mol. The molecule has 2 heterocycles. The third-order valence-corrected chi connectivity index (χ3v) is 5.36. The Morgan fingerprint density at radius 3 is 2.52 bits per heavy atom. The lowest BCUT2D eigenvalue weighted by Gasteiger charge is -2.09. The second-order valence-corrected chi connectivity index (χ2v) is 7.45. The molecule has 164 valence electrons. The highest BCUT2D eigenvalue weighted by molar-refractivity contribution is 6.25. The van der Waals surface area contributed by atoms with Gasteiger partial charge in [-0.2, -0.15) is 5.10 Å². The summed E-state index contributed by atoms with van der Waals surface area (Å²) in [7, 11) is 0. The molecule has 0 unspecified atom stereocenters. The molecule has 9 heteroatoms. The predicted octanol–water partition coefficient (Wildman–Crippen LogP) is 3.50. The summed E-state index contributed by atoms with van der Waals surface area (Å²) < 4.78 is 19.9. The Kier molecular flexibility index (Phi) is 4.93. The number of aromatic nitrogens is 4. The minimum absolute atomic E-state index is 0.00142. The van der Waals surface area contributed by atoms with Crippen molar-refractivity contribution >= 4 is 17.7 Å². The van der Waals surface area contributed by atoms with Crippen molar-refractivity contribution in [1.29, 1.82) is 0 Å². The summed E-state index contributed by atoms with van der Waals surface area (Å²) >= 11 is 0. The summed E-state index contributed by atoms with van der Waals surface area (Å²) in [4.78, 5) is 33.9. The molecule has 1 aliphatic carbocycles. The molecule has 0 spiro atoms. The van der Waals surface area contributed by atoms with E-state index < -0.39 is 11.8 Å². The van der Waals surface area contributed by atoms with Crippen LogP contribution in [0.4, 0.5) is 10.3 Å². The lowest BCUT2D eigenvalue weighted by molar-refractivity contribution is -0.144. The van der Waals surface area contributed by atoms with Crippen LogP contribution in [0.2, 0.25) is 0 Å². The van der Waals surface area contributed by atoms with Gasteiger partial charge in [0, 0.05) is 28.5 Å². The fourth-order valence-corrected chi connectivity index (χ4v) is 3.99. The van der Waals surface area contributed by atoms with Gasteiger partial charge in [0.1, 0.15) is 12.4 Å². The van der Waals surface area contributed by atoms with Gasteiger partial charge in [-0.15, -0.1) is 0 Å². The number of nitrogen functional groups attached to an aromatic ring is 1. The van der Waals surface area contributed by atoms with Crippen LogP contribution in [0.15, 0.2) is 54.9 Å². The zero-order chi connectivity index (χ0) is 23.1. The molecule has 33 heavy (non-hydrogen) atoms. The molecule has 0 radical (unpaired) electrons. The Labute approximate surface area is 187 Å². The number of fused-ring (bicyclic) bond motifs is 3. The van der Waals surface area contributed by atoms with E-state index in [0.717, 1.165) is 5.56 Å². The third-order valence-electron chi connectivity index (χ3n) is 5.36. The lowest BCUT2D eigenvalue weighted by atomic mass is 9.98. The highest BCUT2D eigenvalue weighted by atomic mass is 19.1. The SMILES string of the molecule is CCOC(=O)Cn1cc(-c2cccc3c2-c2nc(N)nc(-c4ccc(F)cc4)c2C3=O)cn1. The first-order valence-corrected chi connectivity index (χ1v) is 10.3. The molecule has 2 aromatic heterocycles. The van der Waals surface area contributed by atoms with Crippen molar-refractivity contribution in [2.24, 2.45) is 0 Å². The van der Waals surface area contributed by atoms with Crippen molar-refractivity contribution in [1.82, 2.24) is 19.7 Å². The van der Waals surface area contributed by atoms with E-state index in [0.29, 0.717) is 39.2 Å². The largest absolute Gasteiger partial charge is 0.465 e.